The number of thioether (sulfide) groups is 2. The number of carboxylic acids is 2. The minimum Gasteiger partial charge on any atom is -0.478 e. The Morgan fingerprint density at radius 1 is 1.13 bits per heavy atom. The largest absolute Gasteiger partial charge is 0.478 e. The SMILES string of the molecule is CNCCSC1Cc2ccccc2Oc2ccc(SC)cc21.O=C(O)/C=C\C(=O)O. The molecule has 2 aromatic carbocycles. The second-order valence-electron chi connectivity index (χ2n) is 6.29. The van der Waals surface area contributed by atoms with Crippen molar-refractivity contribution in [1.29, 1.82) is 0 Å². The van der Waals surface area contributed by atoms with E-state index in [0.717, 1.165) is 30.2 Å². The first-order valence-electron chi connectivity index (χ1n) is 9.28. The predicted molar refractivity (Wildman–Crippen MR) is 122 cm³/mol. The van der Waals surface area contributed by atoms with E-state index in [1.165, 1.54) is 16.0 Å². The molecule has 0 spiro atoms. The third-order valence-electron chi connectivity index (χ3n) is 4.20. The smallest absolute Gasteiger partial charge is 0.328 e. The Labute approximate surface area is 184 Å². The Morgan fingerprint density at radius 2 is 1.83 bits per heavy atom. The number of rotatable bonds is 7. The number of ether oxygens (including phenoxy) is 1. The van der Waals surface area contributed by atoms with Crippen LogP contribution in [0, 0.1) is 0 Å². The molecule has 2 aromatic rings. The average molecular weight is 448 g/mol. The van der Waals surface area contributed by atoms with Gasteiger partial charge >= 0.3 is 11.9 Å². The van der Waals surface area contributed by atoms with Crippen LogP contribution in [0.15, 0.2) is 59.5 Å². The number of benzene rings is 2. The summed E-state index contributed by atoms with van der Waals surface area (Å²) < 4.78 is 6.20. The Bertz CT molecular complexity index is 885. The van der Waals surface area contributed by atoms with E-state index in [9.17, 15) is 9.59 Å². The van der Waals surface area contributed by atoms with E-state index in [4.69, 9.17) is 14.9 Å². The van der Waals surface area contributed by atoms with Crippen LogP contribution >= 0.6 is 23.5 Å². The zero-order valence-corrected chi connectivity index (χ0v) is 18.5. The molecular weight excluding hydrogens is 422 g/mol. The number of fused-ring (bicyclic) bond motifs is 2. The molecule has 30 heavy (non-hydrogen) atoms. The van der Waals surface area contributed by atoms with Crippen molar-refractivity contribution >= 4 is 35.5 Å². The van der Waals surface area contributed by atoms with Crippen molar-refractivity contribution in [3.63, 3.8) is 0 Å². The lowest BCUT2D eigenvalue weighted by Gasteiger charge is -2.17. The lowest BCUT2D eigenvalue weighted by molar-refractivity contribution is -0.134. The van der Waals surface area contributed by atoms with E-state index in [1.807, 2.05) is 24.9 Å². The summed E-state index contributed by atoms with van der Waals surface area (Å²) in [5.74, 6) is 0.591. The van der Waals surface area contributed by atoms with Crippen LogP contribution in [-0.2, 0) is 16.0 Å². The van der Waals surface area contributed by atoms with Crippen molar-refractivity contribution in [2.24, 2.45) is 0 Å². The number of para-hydroxylation sites is 1. The molecule has 1 aliphatic rings. The normalized spacial score (nSPS) is 14.5. The third kappa shape index (κ3) is 7.44. The molecule has 1 atom stereocenters. The van der Waals surface area contributed by atoms with Crippen molar-refractivity contribution in [3.8, 4) is 11.5 Å². The number of aliphatic carboxylic acids is 2. The molecule has 1 heterocycles. The fourth-order valence-corrected chi connectivity index (χ4v) is 4.51. The van der Waals surface area contributed by atoms with Gasteiger partial charge in [0.15, 0.2) is 0 Å². The molecule has 1 aliphatic heterocycles. The lowest BCUT2D eigenvalue weighted by Crippen LogP contribution is -2.11. The monoisotopic (exact) mass is 447 g/mol. The molecule has 3 N–H and O–H groups in total. The molecule has 1 unspecified atom stereocenters. The number of hydrogen-bond donors (Lipinski definition) is 3. The van der Waals surface area contributed by atoms with Gasteiger partial charge in [-0.25, -0.2) is 9.59 Å². The first-order valence-corrected chi connectivity index (χ1v) is 11.6. The van der Waals surface area contributed by atoms with E-state index < -0.39 is 11.9 Å². The topological polar surface area (TPSA) is 95.9 Å². The molecule has 3 rings (SSSR count). The molecule has 0 aliphatic carbocycles. The Morgan fingerprint density at radius 3 is 2.47 bits per heavy atom. The average Bonchev–Trinajstić information content (AvgIpc) is 2.89. The van der Waals surface area contributed by atoms with Gasteiger partial charge in [0, 0.05) is 40.2 Å². The fraction of sp³-hybridized carbons (Fsp3) is 0.273. The molecule has 6 nitrogen and oxygen atoms in total. The highest BCUT2D eigenvalue weighted by Crippen LogP contribution is 2.45. The van der Waals surface area contributed by atoms with Crippen LogP contribution in [0.1, 0.15) is 16.4 Å². The van der Waals surface area contributed by atoms with Gasteiger partial charge in [0.2, 0.25) is 0 Å². The molecule has 0 aromatic heterocycles. The Hall–Kier alpha value is -2.42. The number of hydrogen-bond acceptors (Lipinski definition) is 6. The van der Waals surface area contributed by atoms with Crippen LogP contribution in [0.5, 0.6) is 11.5 Å². The highest BCUT2D eigenvalue weighted by Gasteiger charge is 2.24. The second-order valence-corrected chi connectivity index (χ2v) is 8.48. The summed E-state index contributed by atoms with van der Waals surface area (Å²) in [4.78, 5) is 20.4. The molecule has 160 valence electrons. The maximum atomic E-state index is 9.55. The number of nitrogens with one attached hydrogen (secondary N) is 1. The standard InChI is InChI=1S/C18H21NOS2.C4H4O4/c1-19-9-10-22-18-11-13-5-3-4-6-16(13)20-17-8-7-14(21-2)12-15(17)18;5-3(6)1-2-4(7)8/h3-8,12,18-19H,9-11H2,1-2H3;1-2H,(H,5,6)(H,7,8)/b;2-1-. The molecular formula is C22H25NO5S2. The van der Waals surface area contributed by atoms with Gasteiger partial charge < -0.3 is 20.3 Å². The third-order valence-corrected chi connectivity index (χ3v) is 6.19. The summed E-state index contributed by atoms with van der Waals surface area (Å²) in [5.41, 5.74) is 2.62. The van der Waals surface area contributed by atoms with Crippen LogP contribution < -0.4 is 10.1 Å². The van der Waals surface area contributed by atoms with Gasteiger partial charge in [0.1, 0.15) is 11.5 Å². The van der Waals surface area contributed by atoms with E-state index in [1.54, 1.807) is 11.8 Å². The van der Waals surface area contributed by atoms with E-state index in [-0.39, 0.29) is 0 Å². The molecule has 0 amide bonds. The predicted octanol–water partition coefficient (Wildman–Crippen LogP) is 4.46. The van der Waals surface area contributed by atoms with Gasteiger partial charge in [-0.05, 0) is 49.6 Å². The van der Waals surface area contributed by atoms with E-state index >= 15 is 0 Å². The maximum Gasteiger partial charge on any atom is 0.328 e. The molecule has 0 saturated carbocycles. The fourth-order valence-electron chi connectivity index (χ4n) is 2.79. The van der Waals surface area contributed by atoms with Gasteiger partial charge in [-0.1, -0.05) is 18.2 Å². The minimum atomic E-state index is -1.26. The van der Waals surface area contributed by atoms with Crippen LogP contribution in [0.4, 0.5) is 0 Å². The Balaban J connectivity index is 0.000000343. The lowest BCUT2D eigenvalue weighted by atomic mass is 10.0. The zero-order valence-electron chi connectivity index (χ0n) is 16.8. The maximum absolute atomic E-state index is 9.55. The second kappa shape index (κ2) is 12.3. The van der Waals surface area contributed by atoms with Crippen LogP contribution in [0.2, 0.25) is 0 Å². The van der Waals surface area contributed by atoms with Crippen molar-refractivity contribution < 1.29 is 24.5 Å². The summed E-state index contributed by atoms with van der Waals surface area (Å²) >= 11 is 3.79. The van der Waals surface area contributed by atoms with Crippen molar-refractivity contribution in [1.82, 2.24) is 5.32 Å². The van der Waals surface area contributed by atoms with Gasteiger partial charge in [0.05, 0.1) is 0 Å². The van der Waals surface area contributed by atoms with Crippen molar-refractivity contribution in [2.45, 2.75) is 16.6 Å². The van der Waals surface area contributed by atoms with Crippen LogP contribution in [0.3, 0.4) is 0 Å². The minimum absolute atomic E-state index is 0.444. The van der Waals surface area contributed by atoms with Crippen LogP contribution in [0.25, 0.3) is 0 Å². The van der Waals surface area contributed by atoms with Gasteiger partial charge in [0.25, 0.3) is 0 Å². The number of carboxylic acid groups (broad SMARTS) is 2. The molecule has 0 fully saturated rings. The summed E-state index contributed by atoms with van der Waals surface area (Å²) in [6.07, 6.45) is 4.26. The molecule has 0 radical (unpaired) electrons. The Kier molecular flexibility index (Phi) is 9.79. The molecule has 8 heteroatoms. The summed E-state index contributed by atoms with van der Waals surface area (Å²) in [6.45, 7) is 1.03. The molecule has 0 bridgehead atoms. The number of carbonyl (C=O) groups is 2. The highest BCUT2D eigenvalue weighted by molar-refractivity contribution is 7.99. The first kappa shape index (κ1) is 23.9. The van der Waals surface area contributed by atoms with Crippen LogP contribution in [-0.4, -0.2) is 47.8 Å². The highest BCUT2D eigenvalue weighted by atomic mass is 32.2. The van der Waals surface area contributed by atoms with Crippen molar-refractivity contribution in [3.05, 3.63) is 65.7 Å². The van der Waals surface area contributed by atoms with Gasteiger partial charge in [-0.3, -0.25) is 0 Å². The van der Waals surface area contributed by atoms with Gasteiger partial charge in [-0.15, -0.1) is 11.8 Å². The van der Waals surface area contributed by atoms with E-state index in [2.05, 4.69) is 48.0 Å². The van der Waals surface area contributed by atoms with Gasteiger partial charge in [-0.2, -0.15) is 11.8 Å². The summed E-state index contributed by atoms with van der Waals surface area (Å²) in [5, 5.41) is 19.3. The first-order chi connectivity index (χ1) is 14.4. The quantitative estimate of drug-likeness (QED) is 0.325. The van der Waals surface area contributed by atoms with Crippen molar-refractivity contribution in [2.75, 3.05) is 25.6 Å². The zero-order chi connectivity index (χ0) is 21.9. The summed E-state index contributed by atoms with van der Waals surface area (Å²) in [7, 11) is 2.01. The molecule has 0 saturated heterocycles. The van der Waals surface area contributed by atoms with E-state index in [0.29, 0.717) is 17.4 Å². The summed E-state index contributed by atoms with van der Waals surface area (Å²) in [6, 6.07) is 15.0.